The molecule has 5 rings (SSSR count). The van der Waals surface area contributed by atoms with E-state index in [1.165, 1.54) is 16.8 Å². The third-order valence-electron chi connectivity index (χ3n) is 8.05. The van der Waals surface area contributed by atoms with Gasteiger partial charge in [0.05, 0.1) is 39.5 Å². The monoisotopic (exact) mass is 602 g/mol. The third kappa shape index (κ3) is 6.14. The summed E-state index contributed by atoms with van der Waals surface area (Å²) in [6.07, 6.45) is 3.34. The van der Waals surface area contributed by atoms with E-state index < -0.39 is 11.7 Å². The molecule has 1 fully saturated rings. The summed E-state index contributed by atoms with van der Waals surface area (Å²) in [5, 5.41) is 4.61. The average molecular weight is 603 g/mol. The molecule has 230 valence electrons. The Morgan fingerprint density at radius 3 is 2.14 bits per heavy atom. The Kier molecular flexibility index (Phi) is 8.95. The van der Waals surface area contributed by atoms with Gasteiger partial charge in [-0.3, -0.25) is 14.2 Å². The van der Waals surface area contributed by atoms with Crippen molar-refractivity contribution in [3.63, 3.8) is 0 Å². The van der Waals surface area contributed by atoms with Crippen LogP contribution in [0, 0.1) is 0 Å². The largest absolute Gasteiger partial charge is 0.416 e. The van der Waals surface area contributed by atoms with Crippen molar-refractivity contribution in [3.05, 3.63) is 105 Å². The molecule has 1 aliphatic rings. The smallest absolute Gasteiger partial charge is 0.339 e. The number of halogens is 3. The summed E-state index contributed by atoms with van der Waals surface area (Å²) < 4.78 is 42.5. The molecule has 0 radical (unpaired) electrons. The zero-order valence-corrected chi connectivity index (χ0v) is 25.5. The van der Waals surface area contributed by atoms with Crippen molar-refractivity contribution in [3.8, 4) is 22.6 Å². The van der Waals surface area contributed by atoms with Crippen LogP contribution in [0.15, 0.2) is 71.2 Å². The van der Waals surface area contributed by atoms with Gasteiger partial charge >= 0.3 is 6.18 Å². The summed E-state index contributed by atoms with van der Waals surface area (Å²) in [6, 6.07) is 14.0. The Labute approximate surface area is 255 Å². The molecule has 9 heteroatoms. The first kappa shape index (κ1) is 31.0. The molecule has 0 bridgehead atoms. The summed E-state index contributed by atoms with van der Waals surface area (Å²) in [5.41, 5.74) is 4.55. The first-order valence-electron chi connectivity index (χ1n) is 15.1. The van der Waals surface area contributed by atoms with Gasteiger partial charge in [-0.25, -0.2) is 4.68 Å². The van der Waals surface area contributed by atoms with Crippen molar-refractivity contribution in [2.75, 3.05) is 13.1 Å². The second-order valence-electron chi connectivity index (χ2n) is 11.4. The van der Waals surface area contributed by atoms with Crippen LogP contribution < -0.4 is 5.56 Å². The van der Waals surface area contributed by atoms with Crippen molar-refractivity contribution < 1.29 is 18.0 Å². The maximum absolute atomic E-state index is 14.6. The first-order valence-corrected chi connectivity index (χ1v) is 15.1. The van der Waals surface area contributed by atoms with Crippen molar-refractivity contribution in [2.24, 2.45) is 0 Å². The molecule has 6 nitrogen and oxygen atoms in total. The van der Waals surface area contributed by atoms with Crippen LogP contribution in [0.2, 0.25) is 0 Å². The van der Waals surface area contributed by atoms with Crippen LogP contribution in [0.1, 0.15) is 79.7 Å². The minimum atomic E-state index is -4.45. The average Bonchev–Trinajstić information content (AvgIpc) is 3.51. The number of carbonyl (C=O) groups excluding carboxylic acids is 1. The third-order valence-corrected chi connectivity index (χ3v) is 8.05. The van der Waals surface area contributed by atoms with E-state index in [0.717, 1.165) is 53.8 Å². The molecule has 0 saturated carbocycles. The summed E-state index contributed by atoms with van der Waals surface area (Å²) >= 11 is 0. The van der Waals surface area contributed by atoms with Crippen molar-refractivity contribution in [1.29, 1.82) is 0 Å². The second kappa shape index (κ2) is 12.7. The number of hydrogen-bond donors (Lipinski definition) is 0. The molecular weight excluding hydrogens is 565 g/mol. The summed E-state index contributed by atoms with van der Waals surface area (Å²) in [4.78, 5) is 30.6. The highest BCUT2D eigenvalue weighted by molar-refractivity contribution is 5.99. The molecule has 1 amide bonds. The summed E-state index contributed by atoms with van der Waals surface area (Å²) in [5.74, 6) is -0.138. The first-order chi connectivity index (χ1) is 21.0. The Hall–Kier alpha value is -4.40. The summed E-state index contributed by atoms with van der Waals surface area (Å²) in [7, 11) is 0. The molecule has 0 unspecified atom stereocenters. The van der Waals surface area contributed by atoms with Crippen molar-refractivity contribution in [2.45, 2.75) is 66.0 Å². The van der Waals surface area contributed by atoms with Crippen molar-refractivity contribution in [1.82, 2.24) is 19.2 Å². The van der Waals surface area contributed by atoms with Crippen LogP contribution in [-0.2, 0) is 19.0 Å². The summed E-state index contributed by atoms with van der Waals surface area (Å²) in [6.45, 7) is 9.26. The van der Waals surface area contributed by atoms with Crippen LogP contribution in [0.25, 0.3) is 28.7 Å². The zero-order chi connectivity index (χ0) is 31.6. The van der Waals surface area contributed by atoms with E-state index in [1.54, 1.807) is 22.9 Å². The highest BCUT2D eigenvalue weighted by Gasteiger charge is 2.30. The number of allylic oxidation sites excluding steroid dienone is 1. The molecule has 0 atom stereocenters. The van der Waals surface area contributed by atoms with Crippen LogP contribution >= 0.6 is 0 Å². The van der Waals surface area contributed by atoms with Gasteiger partial charge in [0.15, 0.2) is 0 Å². The normalized spacial score (nSPS) is 13.7. The number of carbonyl (C=O) groups is 1. The van der Waals surface area contributed by atoms with E-state index in [2.05, 4.69) is 5.10 Å². The number of aryl methyl sites for hydroxylation is 2. The van der Waals surface area contributed by atoms with Gasteiger partial charge in [0.1, 0.15) is 0 Å². The number of nitrogens with zero attached hydrogens (tertiary/aromatic N) is 4. The van der Waals surface area contributed by atoms with Gasteiger partial charge in [0, 0.05) is 19.3 Å². The molecule has 44 heavy (non-hydrogen) atoms. The predicted molar refractivity (Wildman–Crippen MR) is 167 cm³/mol. The SMILES string of the molecule is CCc1cccc(CC)c1-n1c(C=C(C)C)c(C(=O)N2CCCCC2)cc(-c2ccn(-c3ccc(C(F)(F)F)cc3)n2)c1=O. The lowest BCUT2D eigenvalue weighted by Crippen LogP contribution is -2.37. The van der Waals surface area contributed by atoms with E-state index >= 15 is 0 Å². The standard InChI is InChI=1S/C35H37F3N4O2/c1-5-24-11-10-12-25(6-2)32(24)42-31(21-23(3)4)29(33(43)40-18-8-7-9-19-40)22-28(34(42)44)30-17-20-41(39-30)27-15-13-26(14-16-27)35(36,37)38/h10-17,20-22H,5-9,18-19H2,1-4H3. The maximum Gasteiger partial charge on any atom is 0.416 e. The van der Waals surface area contributed by atoms with E-state index in [-0.39, 0.29) is 17.0 Å². The van der Waals surface area contributed by atoms with Crippen LogP contribution in [-0.4, -0.2) is 38.2 Å². The van der Waals surface area contributed by atoms with Crippen molar-refractivity contribution >= 4 is 12.0 Å². The number of para-hydroxylation sites is 1. The van der Waals surface area contributed by atoms with E-state index in [9.17, 15) is 22.8 Å². The second-order valence-corrected chi connectivity index (χ2v) is 11.4. The van der Waals surface area contributed by atoms with Gasteiger partial charge in [-0.1, -0.05) is 37.6 Å². The molecule has 2 aromatic heterocycles. The number of piperidine rings is 1. The minimum Gasteiger partial charge on any atom is -0.339 e. The Morgan fingerprint density at radius 1 is 0.932 bits per heavy atom. The molecule has 2 aromatic carbocycles. The Balaban J connectivity index is 1.77. The fraction of sp³-hybridized carbons (Fsp3) is 0.343. The van der Waals surface area contributed by atoms with Gasteiger partial charge < -0.3 is 4.90 Å². The number of hydrogen-bond acceptors (Lipinski definition) is 3. The zero-order valence-electron chi connectivity index (χ0n) is 25.5. The number of amides is 1. The number of pyridine rings is 1. The number of likely N-dealkylation sites (tertiary alicyclic amines) is 1. The molecule has 0 spiro atoms. The minimum absolute atomic E-state index is 0.138. The lowest BCUT2D eigenvalue weighted by atomic mass is 9.99. The van der Waals surface area contributed by atoms with Gasteiger partial charge in [0.25, 0.3) is 11.5 Å². The molecular formula is C35H37F3N4O2. The fourth-order valence-electron chi connectivity index (χ4n) is 5.81. The van der Waals surface area contributed by atoms with Crippen LogP contribution in [0.4, 0.5) is 13.2 Å². The quantitative estimate of drug-likeness (QED) is 0.216. The Bertz CT molecular complexity index is 1730. The van der Waals surface area contributed by atoms with E-state index in [0.29, 0.717) is 48.6 Å². The van der Waals surface area contributed by atoms with E-state index in [1.807, 2.05) is 56.9 Å². The van der Waals surface area contributed by atoms with Gasteiger partial charge in [-0.2, -0.15) is 18.3 Å². The number of benzene rings is 2. The Morgan fingerprint density at radius 2 is 1.57 bits per heavy atom. The molecule has 0 aliphatic carbocycles. The molecule has 1 saturated heterocycles. The number of aromatic nitrogens is 3. The fourth-order valence-corrected chi connectivity index (χ4v) is 5.81. The topological polar surface area (TPSA) is 60.1 Å². The molecule has 4 aromatic rings. The lowest BCUT2D eigenvalue weighted by molar-refractivity contribution is -0.137. The van der Waals surface area contributed by atoms with E-state index in [4.69, 9.17) is 0 Å². The molecule has 0 N–H and O–H groups in total. The lowest BCUT2D eigenvalue weighted by Gasteiger charge is -2.28. The number of rotatable bonds is 7. The molecule has 1 aliphatic heterocycles. The predicted octanol–water partition coefficient (Wildman–Crippen LogP) is 7.88. The van der Waals surface area contributed by atoms with Gasteiger partial charge in [-0.15, -0.1) is 0 Å². The van der Waals surface area contributed by atoms with Gasteiger partial charge in [-0.05, 0) is 99.6 Å². The maximum atomic E-state index is 14.6. The highest BCUT2D eigenvalue weighted by atomic mass is 19.4. The molecule has 3 heterocycles. The van der Waals surface area contributed by atoms with Gasteiger partial charge in [0.2, 0.25) is 0 Å². The highest BCUT2D eigenvalue weighted by Crippen LogP contribution is 2.31. The van der Waals surface area contributed by atoms with Crippen LogP contribution in [0.5, 0.6) is 0 Å². The number of alkyl halides is 3. The van der Waals surface area contributed by atoms with Crippen LogP contribution in [0.3, 0.4) is 0 Å².